The molecule has 3 unspecified atom stereocenters. The van der Waals surface area contributed by atoms with Gasteiger partial charge >= 0.3 is 0 Å². The van der Waals surface area contributed by atoms with Crippen molar-refractivity contribution in [1.29, 1.82) is 0 Å². The van der Waals surface area contributed by atoms with Crippen LogP contribution in [0.5, 0.6) is 0 Å². The molecule has 19 heavy (non-hydrogen) atoms. The summed E-state index contributed by atoms with van der Waals surface area (Å²) in [6.07, 6.45) is 5.84. The van der Waals surface area contributed by atoms with Gasteiger partial charge in [0.25, 0.3) is 0 Å². The quantitative estimate of drug-likeness (QED) is 0.856. The highest BCUT2D eigenvalue weighted by Gasteiger charge is 2.40. The van der Waals surface area contributed by atoms with Crippen molar-refractivity contribution < 1.29 is 4.79 Å². The molecule has 0 heterocycles. The van der Waals surface area contributed by atoms with E-state index in [1.165, 1.54) is 25.7 Å². The van der Waals surface area contributed by atoms with Gasteiger partial charge in [-0.1, -0.05) is 29.6 Å². The van der Waals surface area contributed by atoms with Crippen molar-refractivity contribution >= 4 is 34.8 Å². The predicted octanol–water partition coefficient (Wildman–Crippen LogP) is 4.76. The van der Waals surface area contributed by atoms with Gasteiger partial charge in [-0.25, -0.2) is 0 Å². The van der Waals surface area contributed by atoms with Gasteiger partial charge in [-0.05, 0) is 55.2 Å². The van der Waals surface area contributed by atoms with Crippen LogP contribution in [0.1, 0.15) is 32.1 Å². The molecule has 0 spiro atoms. The zero-order chi connectivity index (χ0) is 13.4. The first-order valence-corrected chi connectivity index (χ1v) is 7.62. The monoisotopic (exact) mass is 297 g/mol. The third kappa shape index (κ3) is 2.90. The molecule has 1 aromatic carbocycles. The molecule has 2 fully saturated rings. The van der Waals surface area contributed by atoms with Crippen LogP contribution in [0.4, 0.5) is 5.69 Å². The fraction of sp³-hybridized carbons (Fsp3) is 0.533. The van der Waals surface area contributed by atoms with Crippen LogP contribution in [0.3, 0.4) is 0 Å². The van der Waals surface area contributed by atoms with E-state index in [2.05, 4.69) is 5.32 Å². The Hall–Kier alpha value is -0.730. The summed E-state index contributed by atoms with van der Waals surface area (Å²) >= 11 is 12.0. The average molecular weight is 298 g/mol. The van der Waals surface area contributed by atoms with Crippen molar-refractivity contribution in [2.24, 2.45) is 17.8 Å². The van der Waals surface area contributed by atoms with Crippen molar-refractivity contribution in [3.8, 4) is 0 Å². The SMILES string of the molecule is O=C(CC1CC2CCC1C2)Nc1cc(Cl)ccc1Cl. The van der Waals surface area contributed by atoms with E-state index < -0.39 is 0 Å². The molecule has 4 heteroatoms. The van der Waals surface area contributed by atoms with Gasteiger partial charge in [0.15, 0.2) is 0 Å². The standard InChI is InChI=1S/C15H17Cl2NO/c16-12-3-4-13(17)14(8-12)18-15(19)7-11-6-9-1-2-10(11)5-9/h3-4,8-11H,1-2,5-7H2,(H,18,19). The highest BCUT2D eigenvalue weighted by atomic mass is 35.5. The molecule has 0 aliphatic heterocycles. The van der Waals surface area contributed by atoms with Crippen LogP contribution < -0.4 is 5.32 Å². The van der Waals surface area contributed by atoms with E-state index in [9.17, 15) is 4.79 Å². The van der Waals surface area contributed by atoms with Gasteiger partial charge in [0.05, 0.1) is 10.7 Å². The Morgan fingerprint density at radius 1 is 1.26 bits per heavy atom. The zero-order valence-electron chi connectivity index (χ0n) is 10.7. The van der Waals surface area contributed by atoms with Crippen LogP contribution in [-0.4, -0.2) is 5.91 Å². The van der Waals surface area contributed by atoms with Crippen molar-refractivity contribution in [3.05, 3.63) is 28.2 Å². The van der Waals surface area contributed by atoms with E-state index in [-0.39, 0.29) is 5.91 Å². The molecule has 2 bridgehead atoms. The van der Waals surface area contributed by atoms with E-state index in [0.29, 0.717) is 28.1 Å². The first kappa shape index (κ1) is 13.3. The molecule has 3 rings (SSSR count). The first-order valence-electron chi connectivity index (χ1n) is 6.86. The minimum Gasteiger partial charge on any atom is -0.325 e. The number of hydrogen-bond acceptors (Lipinski definition) is 1. The zero-order valence-corrected chi connectivity index (χ0v) is 12.2. The third-order valence-electron chi connectivity index (χ3n) is 4.53. The minimum atomic E-state index is 0.0571. The summed E-state index contributed by atoms with van der Waals surface area (Å²) < 4.78 is 0. The van der Waals surface area contributed by atoms with Crippen molar-refractivity contribution in [2.75, 3.05) is 5.32 Å². The van der Waals surface area contributed by atoms with Crippen LogP contribution in [0.2, 0.25) is 10.0 Å². The maximum atomic E-state index is 12.1. The van der Waals surface area contributed by atoms with Crippen LogP contribution in [0.15, 0.2) is 18.2 Å². The van der Waals surface area contributed by atoms with Gasteiger partial charge in [0.2, 0.25) is 5.91 Å². The number of carbonyl (C=O) groups is 1. The van der Waals surface area contributed by atoms with Gasteiger partial charge in [-0.2, -0.15) is 0 Å². The first-order chi connectivity index (χ1) is 9.11. The summed E-state index contributed by atoms with van der Waals surface area (Å²) in [6.45, 7) is 0. The molecule has 2 saturated carbocycles. The average Bonchev–Trinajstić information content (AvgIpc) is 2.96. The third-order valence-corrected chi connectivity index (χ3v) is 5.10. The summed E-state index contributed by atoms with van der Waals surface area (Å²) in [5, 5.41) is 4.00. The smallest absolute Gasteiger partial charge is 0.224 e. The number of amides is 1. The molecule has 0 saturated heterocycles. The van der Waals surface area contributed by atoms with Crippen LogP contribution in [0, 0.1) is 17.8 Å². The Balaban J connectivity index is 1.61. The Bertz CT molecular complexity index is 503. The molecule has 3 atom stereocenters. The van der Waals surface area contributed by atoms with Crippen molar-refractivity contribution in [2.45, 2.75) is 32.1 Å². The maximum Gasteiger partial charge on any atom is 0.224 e. The lowest BCUT2D eigenvalue weighted by molar-refractivity contribution is -0.117. The summed E-state index contributed by atoms with van der Waals surface area (Å²) in [6, 6.07) is 5.12. The van der Waals surface area contributed by atoms with Crippen molar-refractivity contribution in [1.82, 2.24) is 0 Å². The highest BCUT2D eigenvalue weighted by Crippen LogP contribution is 2.49. The number of rotatable bonds is 3. The number of benzene rings is 1. The predicted molar refractivity (Wildman–Crippen MR) is 78.6 cm³/mol. The van der Waals surface area contributed by atoms with Crippen LogP contribution >= 0.6 is 23.2 Å². The topological polar surface area (TPSA) is 29.1 Å². The number of hydrogen-bond donors (Lipinski definition) is 1. The number of halogens is 2. The van der Waals surface area contributed by atoms with Gasteiger partial charge in [-0.15, -0.1) is 0 Å². The Kier molecular flexibility index (Phi) is 3.72. The molecule has 2 aliphatic rings. The summed E-state index contributed by atoms with van der Waals surface area (Å²) in [5.41, 5.74) is 0.613. The van der Waals surface area contributed by atoms with E-state index >= 15 is 0 Å². The molecule has 2 nitrogen and oxygen atoms in total. The van der Waals surface area contributed by atoms with Crippen LogP contribution in [0.25, 0.3) is 0 Å². The van der Waals surface area contributed by atoms with E-state index in [4.69, 9.17) is 23.2 Å². The van der Waals surface area contributed by atoms with E-state index in [1.807, 2.05) is 0 Å². The summed E-state index contributed by atoms with van der Waals surface area (Å²) in [4.78, 5) is 12.1. The molecular formula is C15H17Cl2NO. The fourth-order valence-electron chi connectivity index (χ4n) is 3.66. The molecule has 2 aliphatic carbocycles. The molecular weight excluding hydrogens is 281 g/mol. The molecule has 102 valence electrons. The second-order valence-corrected chi connectivity index (χ2v) is 6.66. The second-order valence-electron chi connectivity index (χ2n) is 5.81. The molecule has 0 aromatic heterocycles. The maximum absolute atomic E-state index is 12.1. The lowest BCUT2D eigenvalue weighted by Crippen LogP contribution is -2.20. The van der Waals surface area contributed by atoms with Crippen molar-refractivity contribution in [3.63, 3.8) is 0 Å². The largest absolute Gasteiger partial charge is 0.325 e. The normalized spacial score (nSPS) is 28.6. The molecule has 0 radical (unpaired) electrons. The number of nitrogens with one attached hydrogen (secondary N) is 1. The Labute approximate surface area is 123 Å². The van der Waals surface area contributed by atoms with Crippen LogP contribution in [-0.2, 0) is 4.79 Å². The highest BCUT2D eigenvalue weighted by molar-refractivity contribution is 6.35. The van der Waals surface area contributed by atoms with Gasteiger partial charge in [0, 0.05) is 11.4 Å². The Morgan fingerprint density at radius 3 is 2.79 bits per heavy atom. The number of carbonyl (C=O) groups excluding carboxylic acids is 1. The molecule has 1 N–H and O–H groups in total. The summed E-state index contributed by atoms with van der Waals surface area (Å²) in [7, 11) is 0. The van der Waals surface area contributed by atoms with E-state index in [1.54, 1.807) is 18.2 Å². The molecule has 1 aromatic rings. The van der Waals surface area contributed by atoms with Gasteiger partial charge in [0.1, 0.15) is 0 Å². The molecule has 1 amide bonds. The minimum absolute atomic E-state index is 0.0571. The fourth-order valence-corrected chi connectivity index (χ4v) is 4.00. The number of fused-ring (bicyclic) bond motifs is 2. The lowest BCUT2D eigenvalue weighted by Gasteiger charge is -2.21. The van der Waals surface area contributed by atoms with Gasteiger partial charge < -0.3 is 5.32 Å². The summed E-state index contributed by atoms with van der Waals surface area (Å²) in [5.74, 6) is 2.27. The second kappa shape index (κ2) is 5.34. The lowest BCUT2D eigenvalue weighted by atomic mass is 9.86. The van der Waals surface area contributed by atoms with Gasteiger partial charge in [-0.3, -0.25) is 4.79 Å². The number of anilines is 1. The van der Waals surface area contributed by atoms with E-state index in [0.717, 1.165) is 11.8 Å². The Morgan fingerprint density at radius 2 is 2.11 bits per heavy atom.